The molecule has 35 nitrogen and oxygen atoms in total. The van der Waals surface area contributed by atoms with E-state index >= 15 is 24.0 Å². The molecule has 6 aromatic carbocycles. The maximum atomic E-state index is 15.7. The monoisotopic (exact) mass is 1960 g/mol. The first-order valence-corrected chi connectivity index (χ1v) is 48.5. The maximum absolute atomic E-state index is 15.7. The van der Waals surface area contributed by atoms with Gasteiger partial charge in [-0.3, -0.25) is 62.1 Å². The molecule has 0 bridgehead atoms. The molecule has 14 atom stereocenters. The van der Waals surface area contributed by atoms with Crippen molar-refractivity contribution in [1.82, 2.24) is 72.2 Å². The largest absolute Gasteiger partial charge is 0.481 e. The Morgan fingerprint density at radius 3 is 1.48 bits per heavy atom. The molecule has 35 heteroatoms. The van der Waals surface area contributed by atoms with E-state index < -0.39 is 227 Å². The number of imidazole rings is 1. The molecule has 1 aliphatic heterocycles. The standard InChI is InChI=1S/C107H138N14O21/c1-20-63(7)88(118-102(137)139-59-77-75-47-33-31-45-73(75)74-46-32-34-48-76(74)77)98(132)113-80(54-71-58-119(60-108-71)107(68-38-25-22-26-39-68,69-40-27-23-28-41-69)70-42-29-24-30-43-70)95(129)115-87(62(5)6)97(131)117-90(66(10)140-104(11,12)13)99(133)116-89(64(8)21-2)100(134)120-51-37-50-84(120)96(130)109-65(9)91(125)110-81(56-86(124)141-105(14,15)16)94(128)111-78(52-61(3)4)92(126)112-79(93(127)114-82(101(135)136)55-85(122)123)53-67-57-121(103(138)142-106(17,18)19)83-49-36-35-44-72(67)83/h22-36,38-49,57-58,60-66,77-82,84,87-90H,20-21,37,50-56,59H2,1-19H3,(H,109,130)(H,110,125)(H,111,128)(H,112,126)(H,113,132)(H,114,127)(H,115,129)(H,116,133)(H,117,131)(H,118,137)(H,122,123)(H,135,136)/t63-,64-,65-,66+,78-,79-,80-,81-,82-,84-,87-,88-,89-,90-/m0/s1. The van der Waals surface area contributed by atoms with E-state index in [0.29, 0.717) is 23.0 Å². The van der Waals surface area contributed by atoms with Crippen molar-refractivity contribution in [2.45, 2.75) is 290 Å². The number of rotatable bonds is 44. The molecule has 1 fully saturated rings. The Morgan fingerprint density at radius 2 is 0.937 bits per heavy atom. The number of likely N-dealkylation sites (tertiary alicyclic amines) is 1. The summed E-state index contributed by atoms with van der Waals surface area (Å²) >= 11 is 0. The third-order valence-electron chi connectivity index (χ3n) is 25.2. The van der Waals surface area contributed by atoms with Gasteiger partial charge in [-0.2, -0.15) is 0 Å². The van der Waals surface area contributed by atoms with Crippen molar-refractivity contribution in [3.05, 3.63) is 222 Å². The summed E-state index contributed by atoms with van der Waals surface area (Å²) in [5, 5.41) is 47.0. The molecule has 11 amide bonds. The average molecular weight is 1960 g/mol. The number of nitrogens with zero attached hydrogens (tertiary/aromatic N) is 4. The molecule has 10 rings (SSSR count). The number of carbonyl (C=O) groups is 15. The highest BCUT2D eigenvalue weighted by Gasteiger charge is 2.46. The van der Waals surface area contributed by atoms with Crippen molar-refractivity contribution in [3.63, 3.8) is 0 Å². The van der Waals surface area contributed by atoms with Crippen LogP contribution in [0.15, 0.2) is 183 Å². The zero-order valence-electron chi connectivity index (χ0n) is 84.4. The van der Waals surface area contributed by atoms with Crippen LogP contribution < -0.4 is 53.2 Å². The van der Waals surface area contributed by atoms with Crippen molar-refractivity contribution in [3.8, 4) is 11.1 Å². The normalized spacial score (nSPS) is 16.0. The zero-order chi connectivity index (χ0) is 104. The molecule has 8 aromatic rings. The second kappa shape index (κ2) is 48.4. The Kier molecular flexibility index (Phi) is 37.4. The van der Waals surface area contributed by atoms with E-state index in [0.717, 1.165) is 38.9 Å². The lowest BCUT2D eigenvalue weighted by Crippen LogP contribution is -2.64. The fraction of sp³-hybridized carbons (Fsp3) is 0.477. The predicted molar refractivity (Wildman–Crippen MR) is 531 cm³/mol. The summed E-state index contributed by atoms with van der Waals surface area (Å²) in [4.78, 5) is 223. The fourth-order valence-electron chi connectivity index (χ4n) is 17.9. The van der Waals surface area contributed by atoms with Crippen molar-refractivity contribution in [1.29, 1.82) is 0 Å². The first kappa shape index (κ1) is 110. The summed E-state index contributed by atoms with van der Waals surface area (Å²) in [6, 6.07) is 34.6. The number of hydrogen-bond donors (Lipinski definition) is 12. The third kappa shape index (κ3) is 28.6. The zero-order valence-corrected chi connectivity index (χ0v) is 84.4. The van der Waals surface area contributed by atoms with Gasteiger partial charge in [0.05, 0.1) is 42.1 Å². The lowest BCUT2D eigenvalue weighted by Gasteiger charge is -2.37. The van der Waals surface area contributed by atoms with E-state index in [1.165, 1.54) is 22.6 Å². The molecule has 2 aliphatic rings. The van der Waals surface area contributed by atoms with Gasteiger partial charge in [-0.1, -0.05) is 226 Å². The Labute approximate surface area is 828 Å². The van der Waals surface area contributed by atoms with Crippen molar-refractivity contribution in [2.75, 3.05) is 13.2 Å². The molecule has 3 heterocycles. The summed E-state index contributed by atoms with van der Waals surface area (Å²) in [5.41, 5.74) is 3.45. The highest BCUT2D eigenvalue weighted by Crippen LogP contribution is 2.45. The fourth-order valence-corrected chi connectivity index (χ4v) is 17.9. The minimum atomic E-state index is -2.00. The van der Waals surface area contributed by atoms with E-state index in [2.05, 4.69) is 53.2 Å². The van der Waals surface area contributed by atoms with Crippen LogP contribution in [0.1, 0.15) is 221 Å². The molecule has 0 unspecified atom stereocenters. The van der Waals surface area contributed by atoms with Gasteiger partial charge in [0.2, 0.25) is 59.1 Å². The molecule has 762 valence electrons. The van der Waals surface area contributed by atoms with Crippen LogP contribution in [0, 0.1) is 23.7 Å². The smallest absolute Gasteiger partial charge is 0.419 e. The van der Waals surface area contributed by atoms with E-state index in [-0.39, 0.29) is 56.7 Å². The Morgan fingerprint density at radius 1 is 0.465 bits per heavy atom. The number of aromatic nitrogens is 3. The molecule has 1 saturated heterocycles. The number of hydrogen-bond acceptors (Lipinski definition) is 20. The second-order valence-corrected chi connectivity index (χ2v) is 40.4. The molecule has 12 N–H and O–H groups in total. The summed E-state index contributed by atoms with van der Waals surface area (Å²) in [7, 11) is 0. The molecule has 2 aromatic heterocycles. The Balaban J connectivity index is 0.877. The summed E-state index contributed by atoms with van der Waals surface area (Å²) in [6.45, 7) is 31.5. The van der Waals surface area contributed by atoms with Crippen molar-refractivity contribution in [2.24, 2.45) is 23.7 Å². The number of fused-ring (bicyclic) bond motifs is 4. The predicted octanol–water partition coefficient (Wildman–Crippen LogP) is 10.8. The summed E-state index contributed by atoms with van der Waals surface area (Å²) in [5.74, 6) is -16.2. The molecule has 1 aliphatic carbocycles. The summed E-state index contributed by atoms with van der Waals surface area (Å²) in [6.07, 6.45) is 0.212. The van der Waals surface area contributed by atoms with Gasteiger partial charge in [0.1, 0.15) is 89.8 Å². The number of esters is 1. The van der Waals surface area contributed by atoms with E-state index in [1.54, 1.807) is 154 Å². The SMILES string of the molecule is CC[C@H](C)[C@H](NC(=O)OCC1c2ccccc2-c2ccccc21)C(=O)N[C@@H](Cc1cn(C(c2ccccc2)(c2ccccc2)c2ccccc2)cn1)C(=O)N[C@H](C(=O)N[C@H](C(=O)N[C@H](C(=O)N1CCC[C@H]1C(=O)N[C@@H](C)C(=O)N[C@@H](CC(=O)OC(C)(C)C)C(=O)N[C@@H](CC(C)C)C(=O)N[C@@H](Cc1cn(C(=O)OC(C)(C)C)c2ccccc12)C(=O)N[C@@H](CC(=O)O)C(=O)O)[C@@H](C)CC)[C@@H](C)OC(C)(C)C)C(C)C. The van der Waals surface area contributed by atoms with Crippen LogP contribution in [0.3, 0.4) is 0 Å². The molecule has 0 spiro atoms. The van der Waals surface area contributed by atoms with Gasteiger partial charge in [-0.05, 0) is 170 Å². The Hall–Kier alpha value is -14.1. The van der Waals surface area contributed by atoms with Gasteiger partial charge in [0.15, 0.2) is 0 Å². The highest BCUT2D eigenvalue weighted by molar-refractivity contribution is 6.01. The van der Waals surface area contributed by atoms with Crippen LogP contribution in [0.2, 0.25) is 0 Å². The second-order valence-electron chi connectivity index (χ2n) is 40.4. The first-order valence-electron chi connectivity index (χ1n) is 48.5. The lowest BCUT2D eigenvalue weighted by atomic mass is 9.77. The number of nitrogens with one attached hydrogen (secondary N) is 10. The van der Waals surface area contributed by atoms with Gasteiger partial charge in [0.25, 0.3) is 0 Å². The van der Waals surface area contributed by atoms with Gasteiger partial charge in [0, 0.05) is 43.1 Å². The maximum Gasteiger partial charge on any atom is 0.419 e. The minimum Gasteiger partial charge on any atom is -0.481 e. The molecule has 142 heavy (non-hydrogen) atoms. The van der Waals surface area contributed by atoms with E-state index in [1.807, 2.05) is 151 Å². The number of amides is 11. The van der Waals surface area contributed by atoms with Crippen LogP contribution in [0.4, 0.5) is 9.59 Å². The van der Waals surface area contributed by atoms with E-state index in [4.69, 9.17) is 23.9 Å². The van der Waals surface area contributed by atoms with Crippen molar-refractivity contribution < 1.29 is 101 Å². The van der Waals surface area contributed by atoms with Gasteiger partial charge >= 0.3 is 30.1 Å². The number of carboxylic acids is 2. The van der Waals surface area contributed by atoms with Crippen LogP contribution in [0.5, 0.6) is 0 Å². The van der Waals surface area contributed by atoms with Crippen LogP contribution >= 0.6 is 0 Å². The number of para-hydroxylation sites is 1. The molecular weight excluding hydrogens is 1820 g/mol. The third-order valence-corrected chi connectivity index (χ3v) is 25.2. The highest BCUT2D eigenvalue weighted by atomic mass is 16.6. The quantitative estimate of drug-likeness (QED) is 0.00958. The number of carbonyl (C=O) groups excluding carboxylic acids is 13. The lowest BCUT2D eigenvalue weighted by molar-refractivity contribution is -0.157. The number of carboxylic acid groups (broad SMARTS) is 2. The molecular formula is C107H138N14O21. The van der Waals surface area contributed by atoms with Gasteiger partial charge in [-0.15, -0.1) is 0 Å². The van der Waals surface area contributed by atoms with Crippen molar-refractivity contribution >= 4 is 100 Å². The number of benzene rings is 6. The molecule has 0 saturated carbocycles. The van der Waals surface area contributed by atoms with Crippen LogP contribution in [0.25, 0.3) is 22.0 Å². The number of ether oxygens (including phenoxy) is 4. The topological polar surface area (TPSA) is 480 Å². The molecule has 0 radical (unpaired) electrons. The first-order chi connectivity index (χ1) is 67.0. The average Bonchev–Trinajstić information content (AvgIpc) is 1.30. The van der Waals surface area contributed by atoms with Gasteiger partial charge in [-0.25, -0.2) is 19.4 Å². The summed E-state index contributed by atoms with van der Waals surface area (Å²) < 4.78 is 26.8. The number of aliphatic carboxylic acids is 2. The number of alkyl carbamates (subject to hydrolysis) is 1. The Bertz CT molecular complexity index is 5680. The van der Waals surface area contributed by atoms with E-state index in [9.17, 15) is 58.2 Å². The van der Waals surface area contributed by atoms with Crippen LogP contribution in [-0.4, -0.2) is 221 Å². The minimum absolute atomic E-state index is 0.00685. The van der Waals surface area contributed by atoms with Gasteiger partial charge < -0.3 is 91.8 Å². The van der Waals surface area contributed by atoms with Crippen LogP contribution in [-0.2, 0) is 99.7 Å².